The number of nitrogens with one attached hydrogen (secondary N) is 1. The average molecular weight is 459 g/mol. The lowest BCUT2D eigenvalue weighted by Gasteiger charge is -2.16. The molecule has 0 aliphatic carbocycles. The summed E-state index contributed by atoms with van der Waals surface area (Å²) in [6, 6.07) is 2.89. The van der Waals surface area contributed by atoms with Crippen molar-refractivity contribution >= 4 is 23.4 Å². The van der Waals surface area contributed by atoms with E-state index in [1.807, 2.05) is 0 Å². The molecule has 0 radical (unpaired) electrons. The third-order valence-electron chi connectivity index (χ3n) is 4.37. The standard InChI is InChI=1S/C19H18ClF3N4O4/c20-14-6-11(7-26-17(14)31-10-19(21,22)23)8-27-9-13-12(18(27)30)2-4-24-15(13)16(29)25-3-1-5-28/h2,4,6-7,28H,1,3,5,8-10H2,(H,25,29). The van der Waals surface area contributed by atoms with Crippen molar-refractivity contribution in [2.45, 2.75) is 25.7 Å². The number of hydrogen-bond donors (Lipinski definition) is 2. The van der Waals surface area contributed by atoms with E-state index in [9.17, 15) is 22.8 Å². The minimum atomic E-state index is -4.52. The van der Waals surface area contributed by atoms with Crippen LogP contribution in [0.15, 0.2) is 24.5 Å². The number of pyridine rings is 2. The molecule has 0 atom stereocenters. The maximum Gasteiger partial charge on any atom is 0.422 e. The van der Waals surface area contributed by atoms with Crippen molar-refractivity contribution < 1.29 is 32.6 Å². The van der Waals surface area contributed by atoms with Crippen LogP contribution in [0, 0.1) is 0 Å². The lowest BCUT2D eigenvalue weighted by molar-refractivity contribution is -0.154. The third kappa shape index (κ3) is 5.61. The first-order valence-corrected chi connectivity index (χ1v) is 9.57. The zero-order valence-corrected chi connectivity index (χ0v) is 16.8. The lowest BCUT2D eigenvalue weighted by atomic mass is 10.1. The molecule has 2 N–H and O–H groups in total. The normalized spacial score (nSPS) is 13.3. The first-order chi connectivity index (χ1) is 14.7. The molecule has 8 nitrogen and oxygen atoms in total. The highest BCUT2D eigenvalue weighted by Crippen LogP contribution is 2.29. The van der Waals surface area contributed by atoms with Gasteiger partial charge in [-0.25, -0.2) is 4.98 Å². The minimum absolute atomic E-state index is 0.0660. The van der Waals surface area contributed by atoms with Gasteiger partial charge in [-0.05, 0) is 24.1 Å². The van der Waals surface area contributed by atoms with E-state index in [2.05, 4.69) is 20.0 Å². The molecule has 3 rings (SSSR count). The van der Waals surface area contributed by atoms with Crippen molar-refractivity contribution in [1.82, 2.24) is 20.2 Å². The van der Waals surface area contributed by atoms with E-state index in [1.165, 1.54) is 29.4 Å². The third-order valence-corrected chi connectivity index (χ3v) is 4.64. The Morgan fingerprint density at radius 2 is 2.13 bits per heavy atom. The van der Waals surface area contributed by atoms with Crippen LogP contribution in [0.4, 0.5) is 13.2 Å². The Morgan fingerprint density at radius 3 is 2.81 bits per heavy atom. The first-order valence-electron chi connectivity index (χ1n) is 9.20. The van der Waals surface area contributed by atoms with Gasteiger partial charge in [-0.3, -0.25) is 14.6 Å². The van der Waals surface area contributed by atoms with Gasteiger partial charge in [0.15, 0.2) is 6.61 Å². The van der Waals surface area contributed by atoms with E-state index < -0.39 is 18.7 Å². The zero-order chi connectivity index (χ0) is 22.6. The fraction of sp³-hybridized carbons (Fsp3) is 0.368. The highest BCUT2D eigenvalue weighted by atomic mass is 35.5. The molecule has 2 aromatic rings. The van der Waals surface area contributed by atoms with Gasteiger partial charge in [-0.15, -0.1) is 0 Å². The van der Waals surface area contributed by atoms with Crippen LogP contribution in [-0.2, 0) is 13.1 Å². The van der Waals surface area contributed by atoms with Crippen molar-refractivity contribution in [3.05, 3.63) is 51.9 Å². The topological polar surface area (TPSA) is 105 Å². The predicted octanol–water partition coefficient (Wildman–Crippen LogP) is 2.34. The van der Waals surface area contributed by atoms with Crippen molar-refractivity contribution in [2.24, 2.45) is 0 Å². The fourth-order valence-electron chi connectivity index (χ4n) is 3.00. The number of aromatic nitrogens is 2. The smallest absolute Gasteiger partial charge is 0.422 e. The van der Waals surface area contributed by atoms with Crippen LogP contribution in [-0.4, -0.2) is 57.7 Å². The molecular weight excluding hydrogens is 441 g/mol. The summed E-state index contributed by atoms with van der Waals surface area (Å²) in [5, 5.41) is 11.3. The Kier molecular flexibility index (Phi) is 6.96. The Bertz CT molecular complexity index is 987. The fourth-order valence-corrected chi connectivity index (χ4v) is 3.25. The number of nitrogens with zero attached hydrogens (tertiary/aromatic N) is 3. The van der Waals surface area contributed by atoms with Crippen molar-refractivity contribution in [3.8, 4) is 5.88 Å². The Hall–Kier alpha value is -2.92. The summed E-state index contributed by atoms with van der Waals surface area (Å²) in [5.74, 6) is -1.13. The second-order valence-corrected chi connectivity index (χ2v) is 7.12. The van der Waals surface area contributed by atoms with Crippen LogP contribution in [0.3, 0.4) is 0 Å². The molecule has 1 aliphatic rings. The number of amides is 2. The van der Waals surface area contributed by atoms with Crippen LogP contribution in [0.1, 0.15) is 38.4 Å². The molecule has 2 aromatic heterocycles. The summed E-state index contributed by atoms with van der Waals surface area (Å²) in [5.41, 5.74) is 1.41. The number of aliphatic hydroxyl groups is 1. The first kappa shape index (κ1) is 22.8. The average Bonchev–Trinajstić information content (AvgIpc) is 3.02. The van der Waals surface area contributed by atoms with E-state index >= 15 is 0 Å². The molecule has 2 amide bonds. The van der Waals surface area contributed by atoms with Gasteiger partial charge in [0.2, 0.25) is 5.88 Å². The van der Waals surface area contributed by atoms with E-state index in [0.29, 0.717) is 23.1 Å². The van der Waals surface area contributed by atoms with Gasteiger partial charge in [0.1, 0.15) is 10.7 Å². The number of halogens is 4. The maximum atomic E-state index is 12.7. The highest BCUT2D eigenvalue weighted by Gasteiger charge is 2.32. The molecular formula is C19H18ClF3N4O4. The second kappa shape index (κ2) is 9.48. The second-order valence-electron chi connectivity index (χ2n) is 6.71. The van der Waals surface area contributed by atoms with E-state index in [1.54, 1.807) is 0 Å². The molecule has 0 saturated carbocycles. The van der Waals surface area contributed by atoms with Gasteiger partial charge in [0.25, 0.3) is 11.8 Å². The van der Waals surface area contributed by atoms with Gasteiger partial charge < -0.3 is 20.1 Å². The molecule has 3 heterocycles. The molecule has 31 heavy (non-hydrogen) atoms. The van der Waals surface area contributed by atoms with Gasteiger partial charge in [-0.2, -0.15) is 13.2 Å². The van der Waals surface area contributed by atoms with Gasteiger partial charge in [0, 0.05) is 49.8 Å². The molecule has 0 spiro atoms. The number of hydrogen-bond acceptors (Lipinski definition) is 6. The Labute approximate surface area is 180 Å². The van der Waals surface area contributed by atoms with E-state index in [4.69, 9.17) is 16.7 Å². The number of fused-ring (bicyclic) bond motifs is 1. The number of ether oxygens (including phenoxy) is 1. The number of rotatable bonds is 8. The van der Waals surface area contributed by atoms with Crippen LogP contribution >= 0.6 is 11.6 Å². The molecule has 1 aliphatic heterocycles. The summed E-state index contributed by atoms with van der Waals surface area (Å²) in [6.45, 7) is -1.12. The SMILES string of the molecule is O=C(NCCCO)c1nccc2c1CN(Cc1cnc(OCC(F)(F)F)c(Cl)c1)C2=O. The quantitative estimate of drug-likeness (QED) is 0.588. The molecule has 0 fully saturated rings. The van der Waals surface area contributed by atoms with Crippen LogP contribution in [0.2, 0.25) is 5.02 Å². The summed E-state index contributed by atoms with van der Waals surface area (Å²) < 4.78 is 41.4. The molecule has 12 heteroatoms. The number of aliphatic hydroxyl groups excluding tert-OH is 1. The van der Waals surface area contributed by atoms with Gasteiger partial charge in [-0.1, -0.05) is 11.6 Å². The van der Waals surface area contributed by atoms with Gasteiger partial charge >= 0.3 is 6.18 Å². The molecule has 166 valence electrons. The van der Waals surface area contributed by atoms with Gasteiger partial charge in [0.05, 0.1) is 0 Å². The highest BCUT2D eigenvalue weighted by molar-refractivity contribution is 6.31. The summed E-state index contributed by atoms with van der Waals surface area (Å²) in [6.07, 6.45) is -1.49. The van der Waals surface area contributed by atoms with Crippen LogP contribution < -0.4 is 10.1 Å². The van der Waals surface area contributed by atoms with Crippen LogP contribution in [0.25, 0.3) is 0 Å². The Balaban J connectivity index is 1.71. The molecule has 0 bridgehead atoms. The summed E-state index contributed by atoms with van der Waals surface area (Å²) in [4.78, 5) is 34.4. The molecule has 0 aromatic carbocycles. The molecule has 0 unspecified atom stereocenters. The van der Waals surface area contributed by atoms with Crippen LogP contribution in [0.5, 0.6) is 5.88 Å². The Morgan fingerprint density at radius 1 is 1.35 bits per heavy atom. The summed E-state index contributed by atoms with van der Waals surface area (Å²) in [7, 11) is 0. The largest absolute Gasteiger partial charge is 0.467 e. The van der Waals surface area contributed by atoms with Crippen molar-refractivity contribution in [1.29, 1.82) is 0 Å². The van der Waals surface area contributed by atoms with E-state index in [0.717, 1.165) is 0 Å². The predicted molar refractivity (Wildman–Crippen MR) is 103 cm³/mol. The monoisotopic (exact) mass is 458 g/mol. The zero-order valence-electron chi connectivity index (χ0n) is 16.1. The number of carbonyl (C=O) groups is 2. The minimum Gasteiger partial charge on any atom is -0.467 e. The van der Waals surface area contributed by atoms with Crippen molar-refractivity contribution in [2.75, 3.05) is 19.8 Å². The van der Waals surface area contributed by atoms with Crippen molar-refractivity contribution in [3.63, 3.8) is 0 Å². The maximum absolute atomic E-state index is 12.7. The number of carbonyl (C=O) groups excluding carboxylic acids is 2. The number of alkyl halides is 3. The molecule has 0 saturated heterocycles. The summed E-state index contributed by atoms with van der Waals surface area (Å²) >= 11 is 5.96. The lowest BCUT2D eigenvalue weighted by Crippen LogP contribution is -2.27. The van der Waals surface area contributed by atoms with E-state index in [-0.39, 0.29) is 48.7 Å².